The summed E-state index contributed by atoms with van der Waals surface area (Å²) in [5.74, 6) is 0.907. The van der Waals surface area contributed by atoms with Crippen LogP contribution >= 0.6 is 15.9 Å². The Morgan fingerprint density at radius 3 is 2.62 bits per heavy atom. The molecule has 0 unspecified atom stereocenters. The fourth-order valence-electron chi connectivity index (χ4n) is 2.84. The highest BCUT2D eigenvalue weighted by Crippen LogP contribution is 2.27. The molecule has 5 heteroatoms. The first-order chi connectivity index (χ1) is 10.1. The van der Waals surface area contributed by atoms with E-state index in [2.05, 4.69) is 27.3 Å². The van der Waals surface area contributed by atoms with Crippen LogP contribution in [0.2, 0.25) is 0 Å². The molecule has 1 aromatic carbocycles. The number of carbonyl (C=O) groups is 1. The molecule has 1 aliphatic rings. The summed E-state index contributed by atoms with van der Waals surface area (Å²) in [7, 11) is 3.15. The summed E-state index contributed by atoms with van der Waals surface area (Å²) >= 11 is 3.49. The highest BCUT2D eigenvalue weighted by molar-refractivity contribution is 9.10. The van der Waals surface area contributed by atoms with E-state index in [4.69, 9.17) is 9.47 Å². The van der Waals surface area contributed by atoms with Gasteiger partial charge in [-0.15, -0.1) is 0 Å². The standard InChI is InChI=1S/C16H22BrNO3/c1-20-15-8-5-13(17)9-12(15)10-18-14-6-3-11(4-7-14)16(19)21-2/h5,8-9,11,14,18H,3-4,6-7,10H2,1-2H3. The predicted molar refractivity (Wildman–Crippen MR) is 85.3 cm³/mol. The van der Waals surface area contributed by atoms with Gasteiger partial charge >= 0.3 is 5.97 Å². The first-order valence-corrected chi connectivity index (χ1v) is 8.07. The zero-order chi connectivity index (χ0) is 15.2. The average molecular weight is 356 g/mol. The summed E-state index contributed by atoms with van der Waals surface area (Å²) in [6, 6.07) is 6.47. The van der Waals surface area contributed by atoms with Crippen molar-refractivity contribution in [2.24, 2.45) is 5.92 Å². The summed E-state index contributed by atoms with van der Waals surface area (Å²) in [4.78, 5) is 11.5. The van der Waals surface area contributed by atoms with Gasteiger partial charge in [0.05, 0.1) is 20.1 Å². The van der Waals surface area contributed by atoms with Gasteiger partial charge in [-0.2, -0.15) is 0 Å². The normalized spacial score (nSPS) is 21.9. The SMILES string of the molecule is COC(=O)C1CCC(NCc2cc(Br)ccc2OC)CC1. The fraction of sp³-hybridized carbons (Fsp3) is 0.562. The Morgan fingerprint density at radius 2 is 2.00 bits per heavy atom. The molecule has 21 heavy (non-hydrogen) atoms. The Hall–Kier alpha value is -1.07. The monoisotopic (exact) mass is 355 g/mol. The average Bonchev–Trinajstić information content (AvgIpc) is 2.52. The Morgan fingerprint density at radius 1 is 1.29 bits per heavy atom. The van der Waals surface area contributed by atoms with Crippen molar-refractivity contribution in [2.75, 3.05) is 14.2 Å². The zero-order valence-corrected chi connectivity index (χ0v) is 14.1. The molecule has 0 heterocycles. The molecular formula is C16H22BrNO3. The molecule has 1 fully saturated rings. The minimum atomic E-state index is -0.0675. The van der Waals surface area contributed by atoms with E-state index in [0.717, 1.165) is 48.0 Å². The van der Waals surface area contributed by atoms with Crippen molar-refractivity contribution >= 4 is 21.9 Å². The van der Waals surface area contributed by atoms with Gasteiger partial charge in [0.2, 0.25) is 0 Å². The molecule has 0 bridgehead atoms. The predicted octanol–water partition coefficient (Wildman–Crippen LogP) is 3.28. The van der Waals surface area contributed by atoms with Crippen LogP contribution in [0.15, 0.2) is 22.7 Å². The maximum atomic E-state index is 11.5. The Kier molecular flexibility index (Phi) is 6.06. The highest BCUT2D eigenvalue weighted by Gasteiger charge is 2.26. The van der Waals surface area contributed by atoms with Crippen LogP contribution in [0.3, 0.4) is 0 Å². The molecule has 0 saturated heterocycles. The molecule has 0 radical (unpaired) electrons. The molecule has 1 N–H and O–H groups in total. The number of halogens is 1. The summed E-state index contributed by atoms with van der Waals surface area (Å²) < 4.78 is 11.2. The van der Waals surface area contributed by atoms with E-state index >= 15 is 0 Å². The van der Waals surface area contributed by atoms with Crippen LogP contribution in [-0.4, -0.2) is 26.2 Å². The molecule has 0 spiro atoms. The van der Waals surface area contributed by atoms with Crippen LogP contribution in [0.1, 0.15) is 31.2 Å². The number of benzene rings is 1. The van der Waals surface area contributed by atoms with E-state index in [0.29, 0.717) is 6.04 Å². The topological polar surface area (TPSA) is 47.6 Å². The lowest BCUT2D eigenvalue weighted by Crippen LogP contribution is -2.34. The second kappa shape index (κ2) is 7.80. The Bertz CT molecular complexity index is 484. The third kappa shape index (κ3) is 4.45. The van der Waals surface area contributed by atoms with Gasteiger partial charge in [0.1, 0.15) is 5.75 Å². The summed E-state index contributed by atoms with van der Waals surface area (Å²) in [5.41, 5.74) is 1.14. The van der Waals surface area contributed by atoms with E-state index in [1.807, 2.05) is 12.1 Å². The van der Waals surface area contributed by atoms with Gasteiger partial charge in [-0.3, -0.25) is 4.79 Å². The van der Waals surface area contributed by atoms with E-state index in [-0.39, 0.29) is 11.9 Å². The molecule has 0 atom stereocenters. The lowest BCUT2D eigenvalue weighted by atomic mass is 9.86. The number of esters is 1. The summed E-state index contributed by atoms with van der Waals surface area (Å²) in [6.45, 7) is 0.774. The van der Waals surface area contributed by atoms with Crippen molar-refractivity contribution in [3.05, 3.63) is 28.2 Å². The number of hydrogen-bond donors (Lipinski definition) is 1. The molecule has 116 valence electrons. The van der Waals surface area contributed by atoms with Crippen molar-refractivity contribution < 1.29 is 14.3 Å². The lowest BCUT2D eigenvalue weighted by Gasteiger charge is -2.28. The van der Waals surface area contributed by atoms with Crippen LogP contribution in [0.25, 0.3) is 0 Å². The van der Waals surface area contributed by atoms with Crippen molar-refractivity contribution in [1.82, 2.24) is 5.32 Å². The number of ether oxygens (including phenoxy) is 2. The molecule has 2 rings (SSSR count). The van der Waals surface area contributed by atoms with Gasteiger partial charge in [0.25, 0.3) is 0 Å². The number of nitrogens with one attached hydrogen (secondary N) is 1. The first-order valence-electron chi connectivity index (χ1n) is 7.27. The van der Waals surface area contributed by atoms with Crippen molar-refractivity contribution in [3.63, 3.8) is 0 Å². The molecule has 1 saturated carbocycles. The van der Waals surface area contributed by atoms with Crippen LogP contribution in [0.5, 0.6) is 5.75 Å². The smallest absolute Gasteiger partial charge is 0.308 e. The molecular weight excluding hydrogens is 334 g/mol. The van der Waals surface area contributed by atoms with Crippen molar-refractivity contribution in [3.8, 4) is 5.75 Å². The molecule has 4 nitrogen and oxygen atoms in total. The second-order valence-corrected chi connectivity index (χ2v) is 6.32. The summed E-state index contributed by atoms with van der Waals surface area (Å²) in [5, 5.41) is 3.56. The van der Waals surface area contributed by atoms with Crippen LogP contribution in [0.4, 0.5) is 0 Å². The van der Waals surface area contributed by atoms with E-state index in [9.17, 15) is 4.79 Å². The third-order valence-corrected chi connectivity index (χ3v) is 4.58. The third-order valence-electron chi connectivity index (χ3n) is 4.09. The van der Waals surface area contributed by atoms with E-state index in [1.165, 1.54) is 7.11 Å². The van der Waals surface area contributed by atoms with Gasteiger partial charge < -0.3 is 14.8 Å². The molecule has 0 aliphatic heterocycles. The number of rotatable bonds is 5. The number of hydrogen-bond acceptors (Lipinski definition) is 4. The van der Waals surface area contributed by atoms with Crippen LogP contribution < -0.4 is 10.1 Å². The fourth-order valence-corrected chi connectivity index (χ4v) is 3.25. The largest absolute Gasteiger partial charge is 0.496 e. The van der Waals surface area contributed by atoms with E-state index < -0.39 is 0 Å². The minimum Gasteiger partial charge on any atom is -0.496 e. The maximum Gasteiger partial charge on any atom is 0.308 e. The first kappa shape index (κ1) is 16.3. The van der Waals surface area contributed by atoms with Crippen LogP contribution in [0, 0.1) is 5.92 Å². The second-order valence-electron chi connectivity index (χ2n) is 5.41. The van der Waals surface area contributed by atoms with Gasteiger partial charge in [-0.05, 0) is 43.9 Å². The van der Waals surface area contributed by atoms with Gasteiger partial charge in [-0.25, -0.2) is 0 Å². The Labute approximate surface area is 134 Å². The Balaban J connectivity index is 1.85. The molecule has 1 aliphatic carbocycles. The van der Waals surface area contributed by atoms with E-state index in [1.54, 1.807) is 7.11 Å². The number of methoxy groups -OCH3 is 2. The molecule has 0 amide bonds. The highest BCUT2D eigenvalue weighted by atomic mass is 79.9. The quantitative estimate of drug-likeness (QED) is 0.823. The van der Waals surface area contributed by atoms with Gasteiger partial charge in [0, 0.05) is 22.6 Å². The van der Waals surface area contributed by atoms with Gasteiger partial charge in [0.15, 0.2) is 0 Å². The minimum absolute atomic E-state index is 0.0675. The van der Waals surface area contributed by atoms with Crippen LogP contribution in [-0.2, 0) is 16.1 Å². The lowest BCUT2D eigenvalue weighted by molar-refractivity contribution is -0.146. The molecule has 0 aromatic heterocycles. The summed E-state index contributed by atoms with van der Waals surface area (Å²) in [6.07, 6.45) is 3.83. The van der Waals surface area contributed by atoms with Crippen molar-refractivity contribution in [1.29, 1.82) is 0 Å². The van der Waals surface area contributed by atoms with Crippen molar-refractivity contribution in [2.45, 2.75) is 38.3 Å². The molecule has 1 aromatic rings. The maximum absolute atomic E-state index is 11.5. The zero-order valence-electron chi connectivity index (χ0n) is 12.5. The number of carbonyl (C=O) groups excluding carboxylic acids is 1. The van der Waals surface area contributed by atoms with Gasteiger partial charge in [-0.1, -0.05) is 15.9 Å².